The maximum Gasteiger partial charge on any atom is 0.428 e. The van der Waals surface area contributed by atoms with Crippen LogP contribution in [0.15, 0.2) is 60.7 Å². The fraction of sp³-hybridized carbons (Fsp3) is 0.200. The Morgan fingerprint density at radius 2 is 1.40 bits per heavy atom. The van der Waals surface area contributed by atoms with Crippen molar-refractivity contribution in [3.8, 4) is 0 Å². The van der Waals surface area contributed by atoms with Gasteiger partial charge in [-0.1, -0.05) is 73.8 Å². The maximum absolute atomic E-state index is 6.25. The normalized spacial score (nSPS) is 11.7. The Balaban J connectivity index is 2.29. The average molecular weight is 322 g/mol. The predicted molar refractivity (Wildman–Crippen MR) is 93.0 cm³/mol. The number of halogens is 2. The lowest BCUT2D eigenvalue weighted by Crippen LogP contribution is -2.60. The third-order valence-electron chi connectivity index (χ3n) is 3.63. The minimum absolute atomic E-state index is 0.503. The molecular formula is C15H18BCl2NSi. The molecule has 0 fully saturated rings. The molecule has 2 aromatic carbocycles. The van der Waals surface area contributed by atoms with Gasteiger partial charge in [-0.05, 0) is 10.8 Å². The molecule has 0 saturated carbocycles. The highest BCUT2D eigenvalue weighted by atomic mass is 35.5. The third-order valence-corrected chi connectivity index (χ3v) is 8.03. The van der Waals surface area contributed by atoms with Crippen LogP contribution in [0.5, 0.6) is 0 Å². The molecule has 104 valence electrons. The predicted octanol–water partition coefficient (Wildman–Crippen LogP) is 4.06. The Morgan fingerprint density at radius 3 is 1.90 bits per heavy atom. The SMILES string of the molecule is C[Si](C)(c1ccccc1)N(Cc1ccccc1)B(Cl)Cl. The monoisotopic (exact) mass is 321 g/mol. The fourth-order valence-corrected chi connectivity index (χ4v) is 6.31. The molecule has 0 bridgehead atoms. The van der Waals surface area contributed by atoms with Crippen molar-refractivity contribution in [1.29, 1.82) is 0 Å². The van der Waals surface area contributed by atoms with Crippen LogP contribution in [0.25, 0.3) is 0 Å². The van der Waals surface area contributed by atoms with Crippen molar-refractivity contribution >= 4 is 42.0 Å². The van der Waals surface area contributed by atoms with Crippen molar-refractivity contribution in [3.63, 3.8) is 0 Å². The molecule has 0 aliphatic heterocycles. The zero-order chi connectivity index (χ0) is 14.6. The minimum Gasteiger partial charge on any atom is -0.329 e. The van der Waals surface area contributed by atoms with Crippen molar-refractivity contribution in [1.82, 2.24) is 4.48 Å². The molecule has 0 unspecified atom stereocenters. The van der Waals surface area contributed by atoms with Crippen LogP contribution in [0.1, 0.15) is 5.56 Å². The largest absolute Gasteiger partial charge is 0.428 e. The van der Waals surface area contributed by atoms with Crippen LogP contribution in [0, 0.1) is 0 Å². The molecule has 0 spiro atoms. The molecule has 20 heavy (non-hydrogen) atoms. The maximum atomic E-state index is 6.25. The van der Waals surface area contributed by atoms with E-state index in [2.05, 4.69) is 54.0 Å². The van der Waals surface area contributed by atoms with E-state index in [1.54, 1.807) is 0 Å². The lowest BCUT2D eigenvalue weighted by atomic mass is 10.2. The molecular weight excluding hydrogens is 304 g/mol. The van der Waals surface area contributed by atoms with Gasteiger partial charge in [-0.25, -0.2) is 0 Å². The molecule has 0 radical (unpaired) electrons. The van der Waals surface area contributed by atoms with E-state index in [0.717, 1.165) is 6.54 Å². The summed E-state index contributed by atoms with van der Waals surface area (Å²) in [4.78, 5) is 0. The van der Waals surface area contributed by atoms with E-state index in [1.807, 2.05) is 24.3 Å². The van der Waals surface area contributed by atoms with E-state index in [1.165, 1.54) is 10.8 Å². The second kappa shape index (κ2) is 6.81. The molecule has 0 aromatic heterocycles. The summed E-state index contributed by atoms with van der Waals surface area (Å²) >= 11 is 12.5. The summed E-state index contributed by atoms with van der Waals surface area (Å²) in [5.41, 5.74) is 0.729. The van der Waals surface area contributed by atoms with E-state index in [4.69, 9.17) is 22.9 Å². The van der Waals surface area contributed by atoms with Crippen LogP contribution >= 0.6 is 22.9 Å². The minimum atomic E-state index is -1.89. The van der Waals surface area contributed by atoms with Crippen molar-refractivity contribution in [2.24, 2.45) is 0 Å². The Hall–Kier alpha value is -0.738. The zero-order valence-corrected chi connectivity index (χ0v) is 14.3. The first-order valence-corrected chi connectivity index (χ1v) is 10.5. The molecule has 0 heterocycles. The Bertz CT molecular complexity index is 534. The van der Waals surface area contributed by atoms with Gasteiger partial charge < -0.3 is 4.48 Å². The number of hydrogen-bond donors (Lipinski definition) is 0. The van der Waals surface area contributed by atoms with E-state index < -0.39 is 13.9 Å². The second-order valence-electron chi connectivity index (χ2n) is 5.32. The lowest BCUT2D eigenvalue weighted by Gasteiger charge is -2.37. The summed E-state index contributed by atoms with van der Waals surface area (Å²) in [5.74, 6) is 0. The molecule has 0 saturated heterocycles. The van der Waals surface area contributed by atoms with E-state index in [9.17, 15) is 0 Å². The molecule has 1 nitrogen and oxygen atoms in total. The van der Waals surface area contributed by atoms with Crippen LogP contribution in [0.4, 0.5) is 0 Å². The van der Waals surface area contributed by atoms with Gasteiger partial charge in [0.05, 0.1) is 0 Å². The highest BCUT2D eigenvalue weighted by molar-refractivity contribution is 7.35. The van der Waals surface area contributed by atoms with Crippen molar-refractivity contribution in [2.75, 3.05) is 0 Å². The van der Waals surface area contributed by atoms with Crippen molar-refractivity contribution in [3.05, 3.63) is 66.2 Å². The molecule has 2 aromatic rings. The van der Waals surface area contributed by atoms with Crippen LogP contribution < -0.4 is 5.19 Å². The van der Waals surface area contributed by atoms with Crippen LogP contribution in [-0.4, -0.2) is 18.4 Å². The van der Waals surface area contributed by atoms with Crippen molar-refractivity contribution < 1.29 is 0 Å². The van der Waals surface area contributed by atoms with E-state index in [-0.39, 0.29) is 0 Å². The summed E-state index contributed by atoms with van der Waals surface area (Å²) in [6.07, 6.45) is 0. The first kappa shape index (κ1) is 15.6. The first-order valence-electron chi connectivity index (χ1n) is 6.66. The number of benzene rings is 2. The molecule has 2 rings (SSSR count). The Morgan fingerprint density at radius 1 is 0.900 bits per heavy atom. The van der Waals surface area contributed by atoms with Gasteiger partial charge >= 0.3 is 5.68 Å². The van der Waals surface area contributed by atoms with Crippen molar-refractivity contribution in [2.45, 2.75) is 19.6 Å². The highest BCUT2D eigenvalue weighted by Crippen LogP contribution is 2.20. The smallest absolute Gasteiger partial charge is 0.329 e. The summed E-state index contributed by atoms with van der Waals surface area (Å²) in [6.45, 7) is 5.33. The molecule has 0 N–H and O–H groups in total. The Labute approximate surface area is 132 Å². The van der Waals surface area contributed by atoms with Gasteiger partial charge in [0.25, 0.3) is 0 Å². The van der Waals surface area contributed by atoms with Gasteiger partial charge in [0, 0.05) is 6.54 Å². The molecule has 5 heteroatoms. The highest BCUT2D eigenvalue weighted by Gasteiger charge is 2.36. The molecule has 0 atom stereocenters. The summed E-state index contributed by atoms with van der Waals surface area (Å²) in [7, 11) is -1.89. The average Bonchev–Trinajstić information content (AvgIpc) is 2.46. The van der Waals surface area contributed by atoms with Gasteiger partial charge in [-0.2, -0.15) is 0 Å². The summed E-state index contributed by atoms with van der Waals surface area (Å²) in [6, 6.07) is 20.8. The van der Waals surface area contributed by atoms with Gasteiger partial charge in [-0.15, -0.1) is 22.9 Å². The number of rotatable bonds is 5. The second-order valence-corrected chi connectivity index (χ2v) is 10.6. The lowest BCUT2D eigenvalue weighted by molar-refractivity contribution is 0.651. The van der Waals surface area contributed by atoms with Gasteiger partial charge in [0.1, 0.15) is 8.24 Å². The van der Waals surface area contributed by atoms with Crippen LogP contribution in [0.2, 0.25) is 13.1 Å². The Kier molecular flexibility index (Phi) is 5.33. The topological polar surface area (TPSA) is 3.24 Å². The molecule has 0 aliphatic carbocycles. The van der Waals surface area contributed by atoms with E-state index in [0.29, 0.717) is 0 Å². The standard InChI is InChI=1S/C15H18BCl2NSi/c1-20(2,15-11-7-4-8-12-15)19(16(17)18)13-14-9-5-3-6-10-14/h3-12H,13H2,1-2H3. The van der Waals surface area contributed by atoms with Crippen LogP contribution in [-0.2, 0) is 6.54 Å². The van der Waals surface area contributed by atoms with Gasteiger partial charge in [0.15, 0.2) is 0 Å². The van der Waals surface area contributed by atoms with Crippen LogP contribution in [0.3, 0.4) is 0 Å². The first-order chi connectivity index (χ1) is 9.51. The quantitative estimate of drug-likeness (QED) is 0.750. The van der Waals surface area contributed by atoms with Gasteiger partial charge in [0.2, 0.25) is 0 Å². The molecule has 0 amide bonds. The summed E-state index contributed by atoms with van der Waals surface area (Å²) in [5, 5.41) is 1.34. The molecule has 0 aliphatic rings. The van der Waals surface area contributed by atoms with E-state index >= 15 is 0 Å². The fourth-order valence-electron chi connectivity index (χ4n) is 2.30. The zero-order valence-electron chi connectivity index (χ0n) is 11.8. The number of hydrogen-bond acceptors (Lipinski definition) is 1. The van der Waals surface area contributed by atoms with Gasteiger partial charge in [-0.3, -0.25) is 0 Å². The number of nitrogens with zero attached hydrogens (tertiary/aromatic N) is 1. The summed E-state index contributed by atoms with van der Waals surface area (Å²) < 4.78 is 2.22. The third kappa shape index (κ3) is 3.67.